The molecule has 2 rings (SSSR count). The van der Waals surface area contributed by atoms with Crippen LogP contribution in [0.5, 0.6) is 0 Å². The summed E-state index contributed by atoms with van der Waals surface area (Å²) in [5.74, 6) is -1.30. The van der Waals surface area contributed by atoms with Crippen LogP contribution < -0.4 is 0 Å². The summed E-state index contributed by atoms with van der Waals surface area (Å²) in [6.07, 6.45) is 4.66. The molecule has 1 aliphatic rings. The Balaban J connectivity index is 2.49. The third kappa shape index (κ3) is 1.77. The van der Waals surface area contributed by atoms with Crippen molar-refractivity contribution >= 4 is 11.8 Å². The van der Waals surface area contributed by atoms with Crippen LogP contribution >= 0.6 is 0 Å². The van der Waals surface area contributed by atoms with E-state index >= 15 is 0 Å². The van der Waals surface area contributed by atoms with Crippen molar-refractivity contribution in [3.8, 4) is 0 Å². The van der Waals surface area contributed by atoms with Crippen LogP contribution in [0.4, 0.5) is 5.82 Å². The van der Waals surface area contributed by atoms with Crippen molar-refractivity contribution in [1.29, 1.82) is 0 Å². The van der Waals surface area contributed by atoms with Gasteiger partial charge in [-0.2, -0.15) is 0 Å². The fraction of sp³-hybridized carbons (Fsp3) is 0.600. The van der Waals surface area contributed by atoms with E-state index in [1.165, 1.54) is 6.20 Å². The molecule has 1 aromatic heterocycles. The first-order chi connectivity index (χ1) is 8.08. The zero-order valence-electron chi connectivity index (χ0n) is 9.18. The minimum absolute atomic E-state index is 0.203. The molecule has 0 atom stereocenters. The van der Waals surface area contributed by atoms with E-state index in [1.807, 2.05) is 0 Å². The molecular formula is C10H13N3O4. The molecule has 1 fully saturated rings. The quantitative estimate of drug-likeness (QED) is 0.615. The van der Waals surface area contributed by atoms with Crippen LogP contribution in [0.2, 0.25) is 0 Å². The fourth-order valence-electron chi connectivity index (χ4n) is 2.52. The fourth-order valence-corrected chi connectivity index (χ4v) is 2.52. The van der Waals surface area contributed by atoms with Gasteiger partial charge in [-0.3, -0.25) is 4.79 Å². The smallest absolute Gasteiger partial charge is 0.346 e. The summed E-state index contributed by atoms with van der Waals surface area (Å²) in [6.45, 7) is 0. The second-order valence-electron chi connectivity index (χ2n) is 4.34. The molecule has 0 saturated heterocycles. The van der Waals surface area contributed by atoms with Gasteiger partial charge < -0.3 is 15.2 Å². The number of hydrogen-bond donors (Lipinski definition) is 2. The normalized spacial score (nSPS) is 18.8. The maximum atomic E-state index is 11.5. The average Bonchev–Trinajstić information content (AvgIpc) is 2.79. The molecule has 0 radical (unpaired) electrons. The van der Waals surface area contributed by atoms with Crippen LogP contribution in [0.3, 0.4) is 0 Å². The summed E-state index contributed by atoms with van der Waals surface area (Å²) in [6, 6.07) is 0. The highest BCUT2D eigenvalue weighted by Crippen LogP contribution is 2.42. The van der Waals surface area contributed by atoms with Crippen LogP contribution in [0.25, 0.3) is 0 Å². The van der Waals surface area contributed by atoms with Gasteiger partial charge in [-0.05, 0) is 17.8 Å². The Hall–Kier alpha value is -1.92. The van der Waals surface area contributed by atoms with Crippen LogP contribution in [0.1, 0.15) is 37.7 Å². The Morgan fingerprint density at radius 3 is 2.65 bits per heavy atom. The standard InChI is InChI=1S/C10H13N3O4/c14-9(15)10(4-2-1-3-5-10)7-6-11-12-8(7)13(16)17/h6H,1-5H2,(H,11,12)(H,14,15). The van der Waals surface area contributed by atoms with Gasteiger partial charge in [0.2, 0.25) is 0 Å². The number of H-pyrrole nitrogens is 1. The zero-order valence-corrected chi connectivity index (χ0v) is 9.18. The van der Waals surface area contributed by atoms with E-state index in [1.54, 1.807) is 0 Å². The van der Waals surface area contributed by atoms with Crippen molar-refractivity contribution < 1.29 is 14.8 Å². The Morgan fingerprint density at radius 2 is 2.12 bits per heavy atom. The van der Waals surface area contributed by atoms with E-state index in [9.17, 15) is 20.0 Å². The topological polar surface area (TPSA) is 109 Å². The first-order valence-corrected chi connectivity index (χ1v) is 5.49. The molecule has 0 amide bonds. The molecule has 0 bridgehead atoms. The van der Waals surface area contributed by atoms with Crippen molar-refractivity contribution in [2.24, 2.45) is 0 Å². The predicted octanol–water partition coefficient (Wildman–Crippen LogP) is 1.60. The van der Waals surface area contributed by atoms with E-state index in [-0.39, 0.29) is 11.4 Å². The van der Waals surface area contributed by atoms with Gasteiger partial charge in [-0.1, -0.05) is 24.4 Å². The second kappa shape index (κ2) is 4.15. The first-order valence-electron chi connectivity index (χ1n) is 5.49. The molecule has 1 heterocycles. The third-order valence-electron chi connectivity index (χ3n) is 3.43. The van der Waals surface area contributed by atoms with Crippen LogP contribution in [-0.2, 0) is 10.2 Å². The predicted molar refractivity (Wildman–Crippen MR) is 57.6 cm³/mol. The minimum Gasteiger partial charge on any atom is -0.481 e. The van der Waals surface area contributed by atoms with Gasteiger partial charge in [0, 0.05) is 0 Å². The number of carbonyl (C=O) groups is 1. The van der Waals surface area contributed by atoms with Gasteiger partial charge in [0.05, 0.1) is 11.8 Å². The van der Waals surface area contributed by atoms with E-state index < -0.39 is 16.3 Å². The lowest BCUT2D eigenvalue weighted by atomic mass is 9.70. The van der Waals surface area contributed by atoms with Gasteiger partial charge in [-0.25, -0.2) is 0 Å². The third-order valence-corrected chi connectivity index (χ3v) is 3.43. The largest absolute Gasteiger partial charge is 0.481 e. The highest BCUT2D eigenvalue weighted by atomic mass is 16.6. The molecule has 7 heteroatoms. The van der Waals surface area contributed by atoms with Crippen LogP contribution in [-0.4, -0.2) is 26.2 Å². The van der Waals surface area contributed by atoms with Gasteiger partial charge in [0.25, 0.3) is 0 Å². The second-order valence-corrected chi connectivity index (χ2v) is 4.34. The summed E-state index contributed by atoms with van der Waals surface area (Å²) in [5.41, 5.74) is -0.942. The number of nitrogens with one attached hydrogen (secondary N) is 1. The number of carboxylic acids is 1. The number of nitro groups is 1. The highest BCUT2D eigenvalue weighted by molar-refractivity contribution is 5.82. The molecular weight excluding hydrogens is 226 g/mol. The first kappa shape index (κ1) is 11.6. The Kier molecular flexibility index (Phi) is 2.83. The molecule has 17 heavy (non-hydrogen) atoms. The average molecular weight is 239 g/mol. The van der Waals surface area contributed by atoms with Crippen molar-refractivity contribution in [2.75, 3.05) is 0 Å². The molecule has 0 aliphatic heterocycles. The molecule has 0 aromatic carbocycles. The molecule has 0 spiro atoms. The monoisotopic (exact) mass is 239 g/mol. The summed E-state index contributed by atoms with van der Waals surface area (Å²) in [7, 11) is 0. The SMILES string of the molecule is O=C(O)C1(c2cn[nH]c2[N+](=O)[O-])CCCCC1. The van der Waals surface area contributed by atoms with E-state index in [2.05, 4.69) is 10.2 Å². The van der Waals surface area contributed by atoms with E-state index in [0.717, 1.165) is 19.3 Å². The van der Waals surface area contributed by atoms with E-state index in [0.29, 0.717) is 12.8 Å². The van der Waals surface area contributed by atoms with Crippen molar-refractivity contribution in [3.05, 3.63) is 21.9 Å². The summed E-state index contributed by atoms with van der Waals surface area (Å²) >= 11 is 0. The molecule has 1 aromatic rings. The van der Waals surface area contributed by atoms with Crippen molar-refractivity contribution in [2.45, 2.75) is 37.5 Å². The van der Waals surface area contributed by atoms with E-state index in [4.69, 9.17) is 0 Å². The molecule has 1 aliphatic carbocycles. The lowest BCUT2D eigenvalue weighted by Gasteiger charge is -2.31. The number of aromatic nitrogens is 2. The van der Waals surface area contributed by atoms with Gasteiger partial charge in [0.1, 0.15) is 5.41 Å². The molecule has 2 N–H and O–H groups in total. The number of aromatic amines is 1. The number of hydrogen-bond acceptors (Lipinski definition) is 4. The molecule has 1 saturated carbocycles. The zero-order chi connectivity index (χ0) is 12.5. The van der Waals surface area contributed by atoms with Gasteiger partial charge in [-0.15, -0.1) is 5.10 Å². The maximum Gasteiger partial charge on any atom is 0.346 e. The number of nitrogens with zero attached hydrogens (tertiary/aromatic N) is 2. The summed E-state index contributed by atoms with van der Waals surface area (Å²) in [4.78, 5) is 21.7. The molecule has 0 unspecified atom stereocenters. The summed E-state index contributed by atoms with van der Waals surface area (Å²) in [5, 5.41) is 26.1. The van der Waals surface area contributed by atoms with Crippen LogP contribution in [0.15, 0.2) is 6.20 Å². The van der Waals surface area contributed by atoms with Gasteiger partial charge in [0.15, 0.2) is 0 Å². The number of rotatable bonds is 3. The number of carboxylic acid groups (broad SMARTS) is 1. The van der Waals surface area contributed by atoms with Gasteiger partial charge >= 0.3 is 11.8 Å². The Labute approximate surface area is 97.0 Å². The maximum absolute atomic E-state index is 11.5. The lowest BCUT2D eigenvalue weighted by Crippen LogP contribution is -2.38. The highest BCUT2D eigenvalue weighted by Gasteiger charge is 2.46. The summed E-state index contributed by atoms with van der Waals surface area (Å²) < 4.78 is 0. The Bertz CT molecular complexity index is 448. The van der Waals surface area contributed by atoms with Crippen molar-refractivity contribution in [1.82, 2.24) is 10.2 Å². The molecule has 7 nitrogen and oxygen atoms in total. The number of aliphatic carboxylic acids is 1. The van der Waals surface area contributed by atoms with Crippen molar-refractivity contribution in [3.63, 3.8) is 0 Å². The molecule has 92 valence electrons. The minimum atomic E-state index is -1.15. The Morgan fingerprint density at radius 1 is 1.47 bits per heavy atom. The lowest BCUT2D eigenvalue weighted by molar-refractivity contribution is -0.390. The van der Waals surface area contributed by atoms with Crippen LogP contribution in [0, 0.1) is 10.1 Å².